The molecule has 0 aromatic heterocycles. The normalized spacial score (nSPS) is 24.7. The molecule has 4 nitrogen and oxygen atoms in total. The minimum Gasteiger partial charge on any atom is -0.344 e. The van der Waals surface area contributed by atoms with E-state index in [1.54, 1.807) is 0 Å². The van der Waals surface area contributed by atoms with Crippen molar-refractivity contribution >= 4 is 18.3 Å². The number of carbonyl (C=O) groups is 1. The third kappa shape index (κ3) is 5.44. The van der Waals surface area contributed by atoms with Gasteiger partial charge in [-0.25, -0.2) is 0 Å². The van der Waals surface area contributed by atoms with Crippen LogP contribution >= 0.6 is 12.4 Å². The van der Waals surface area contributed by atoms with E-state index in [0.29, 0.717) is 18.4 Å². The van der Waals surface area contributed by atoms with Gasteiger partial charge >= 0.3 is 0 Å². The van der Waals surface area contributed by atoms with Gasteiger partial charge in [-0.1, -0.05) is 49.6 Å². The number of likely N-dealkylation sites (N-methyl/N-ethyl adjacent to an activating group) is 1. The fourth-order valence-electron chi connectivity index (χ4n) is 4.27. The highest BCUT2D eigenvalue weighted by atomic mass is 35.5. The van der Waals surface area contributed by atoms with Crippen LogP contribution in [0.1, 0.15) is 43.6 Å². The molecule has 140 valence electrons. The molecule has 1 aromatic carbocycles. The van der Waals surface area contributed by atoms with Crippen LogP contribution in [0.25, 0.3) is 0 Å². The summed E-state index contributed by atoms with van der Waals surface area (Å²) in [5, 5.41) is 0. The van der Waals surface area contributed by atoms with Gasteiger partial charge in [0.1, 0.15) is 0 Å². The topological polar surface area (TPSA) is 49.6 Å². The minimum absolute atomic E-state index is 0. The van der Waals surface area contributed by atoms with Crippen LogP contribution in [0.4, 0.5) is 0 Å². The van der Waals surface area contributed by atoms with Crippen molar-refractivity contribution in [2.24, 2.45) is 11.7 Å². The van der Waals surface area contributed by atoms with Crippen molar-refractivity contribution in [1.29, 1.82) is 0 Å². The molecule has 1 aliphatic carbocycles. The Kier molecular flexibility index (Phi) is 7.73. The fraction of sp³-hybridized carbons (Fsp3) is 0.650. The van der Waals surface area contributed by atoms with Crippen molar-refractivity contribution in [3.63, 3.8) is 0 Å². The highest BCUT2D eigenvalue weighted by Gasteiger charge is 2.32. The number of benzene rings is 1. The van der Waals surface area contributed by atoms with E-state index in [2.05, 4.69) is 29.2 Å². The molecule has 0 bridgehead atoms. The summed E-state index contributed by atoms with van der Waals surface area (Å²) in [5.41, 5.74) is 7.62. The van der Waals surface area contributed by atoms with Gasteiger partial charge < -0.3 is 10.6 Å². The van der Waals surface area contributed by atoms with Crippen molar-refractivity contribution in [3.05, 3.63) is 35.9 Å². The molecule has 2 aliphatic rings. The second kappa shape index (κ2) is 9.56. The lowest BCUT2D eigenvalue weighted by molar-refractivity contribution is -0.131. The quantitative estimate of drug-likeness (QED) is 0.872. The molecule has 0 spiro atoms. The standard InChI is InChI=1S/C20H31N3O.ClH/c1-22(12-16-8-4-2-5-9-16)20(24)15-23-13-18(19(21)14-23)17-10-6-3-7-11-17;/h3,6-7,10-11,16,18-19H,2,4-5,8-9,12-15,21H2,1H3;1H/t18-,19+;/m0./s1. The van der Waals surface area contributed by atoms with E-state index in [1.165, 1.54) is 37.7 Å². The van der Waals surface area contributed by atoms with Crippen molar-refractivity contribution in [2.45, 2.75) is 44.1 Å². The molecule has 3 rings (SSSR count). The Labute approximate surface area is 158 Å². The molecular weight excluding hydrogens is 334 g/mol. The van der Waals surface area contributed by atoms with E-state index in [0.717, 1.165) is 19.6 Å². The molecule has 1 saturated carbocycles. The van der Waals surface area contributed by atoms with Crippen LogP contribution in [0.15, 0.2) is 30.3 Å². The van der Waals surface area contributed by atoms with Gasteiger partial charge in [-0.3, -0.25) is 9.69 Å². The van der Waals surface area contributed by atoms with Gasteiger partial charge in [-0.15, -0.1) is 12.4 Å². The van der Waals surface area contributed by atoms with Crippen LogP contribution in [0.2, 0.25) is 0 Å². The molecule has 2 N–H and O–H groups in total. The van der Waals surface area contributed by atoms with Crippen LogP contribution in [-0.2, 0) is 4.79 Å². The molecule has 25 heavy (non-hydrogen) atoms. The third-order valence-corrected chi connectivity index (χ3v) is 5.71. The molecule has 0 radical (unpaired) electrons. The Hall–Kier alpha value is -1.10. The fourth-order valence-corrected chi connectivity index (χ4v) is 4.27. The summed E-state index contributed by atoms with van der Waals surface area (Å²) < 4.78 is 0. The van der Waals surface area contributed by atoms with Crippen molar-refractivity contribution in [1.82, 2.24) is 9.80 Å². The predicted molar refractivity (Wildman–Crippen MR) is 105 cm³/mol. The van der Waals surface area contributed by atoms with Gasteiger partial charge in [0.15, 0.2) is 0 Å². The molecule has 1 saturated heterocycles. The van der Waals surface area contributed by atoms with Crippen LogP contribution in [0.5, 0.6) is 0 Å². The third-order valence-electron chi connectivity index (χ3n) is 5.71. The lowest BCUT2D eigenvalue weighted by Gasteiger charge is -2.28. The molecule has 2 atom stereocenters. The molecule has 5 heteroatoms. The smallest absolute Gasteiger partial charge is 0.236 e. The highest BCUT2D eigenvalue weighted by molar-refractivity contribution is 5.85. The molecule has 1 aliphatic heterocycles. The van der Waals surface area contributed by atoms with E-state index < -0.39 is 0 Å². The lowest BCUT2D eigenvalue weighted by atomic mass is 9.89. The number of nitrogens with zero attached hydrogens (tertiary/aromatic N) is 2. The zero-order chi connectivity index (χ0) is 16.9. The van der Waals surface area contributed by atoms with E-state index in [4.69, 9.17) is 5.73 Å². The predicted octanol–water partition coefficient (Wildman–Crippen LogP) is 2.87. The lowest BCUT2D eigenvalue weighted by Crippen LogP contribution is -2.40. The van der Waals surface area contributed by atoms with E-state index in [9.17, 15) is 4.79 Å². The number of rotatable bonds is 5. The first kappa shape index (κ1) is 20.2. The number of hydrogen-bond acceptors (Lipinski definition) is 3. The molecule has 1 heterocycles. The first-order valence-electron chi connectivity index (χ1n) is 9.40. The second-order valence-electron chi connectivity index (χ2n) is 7.65. The SMILES string of the molecule is CN(CC1CCCCC1)C(=O)CN1C[C@@H](N)[C@H](c2ccccc2)C1.Cl. The summed E-state index contributed by atoms with van der Waals surface area (Å²) in [6.45, 7) is 3.11. The number of halogens is 1. The average Bonchev–Trinajstić information content (AvgIpc) is 2.97. The number of nitrogens with two attached hydrogens (primary N) is 1. The van der Waals surface area contributed by atoms with Gasteiger partial charge in [0, 0.05) is 38.6 Å². The maximum Gasteiger partial charge on any atom is 0.236 e. The molecular formula is C20H32ClN3O. The summed E-state index contributed by atoms with van der Waals surface area (Å²) in [7, 11) is 1.96. The minimum atomic E-state index is 0. The van der Waals surface area contributed by atoms with Crippen molar-refractivity contribution in [2.75, 3.05) is 33.2 Å². The Morgan fingerprint density at radius 2 is 1.84 bits per heavy atom. The Balaban J connectivity index is 0.00000225. The van der Waals surface area contributed by atoms with Gasteiger partial charge in [-0.05, 0) is 24.3 Å². The maximum absolute atomic E-state index is 12.6. The first-order chi connectivity index (χ1) is 11.6. The van der Waals surface area contributed by atoms with Crippen LogP contribution in [-0.4, -0.2) is 55.0 Å². The van der Waals surface area contributed by atoms with Crippen LogP contribution in [0.3, 0.4) is 0 Å². The number of likely N-dealkylation sites (tertiary alicyclic amines) is 1. The van der Waals surface area contributed by atoms with Gasteiger partial charge in [0.05, 0.1) is 6.54 Å². The summed E-state index contributed by atoms with van der Waals surface area (Å²) in [6.07, 6.45) is 6.57. The zero-order valence-corrected chi connectivity index (χ0v) is 16.1. The van der Waals surface area contributed by atoms with E-state index in [-0.39, 0.29) is 24.4 Å². The Bertz CT molecular complexity index is 533. The Morgan fingerprint density at radius 1 is 1.16 bits per heavy atom. The van der Waals surface area contributed by atoms with E-state index >= 15 is 0 Å². The Morgan fingerprint density at radius 3 is 2.52 bits per heavy atom. The van der Waals surface area contributed by atoms with Crippen LogP contribution < -0.4 is 5.73 Å². The number of hydrogen-bond donors (Lipinski definition) is 1. The summed E-state index contributed by atoms with van der Waals surface area (Å²) >= 11 is 0. The summed E-state index contributed by atoms with van der Waals surface area (Å²) in [6, 6.07) is 10.6. The van der Waals surface area contributed by atoms with Gasteiger partial charge in [-0.2, -0.15) is 0 Å². The molecule has 2 fully saturated rings. The molecule has 1 aromatic rings. The van der Waals surface area contributed by atoms with Crippen molar-refractivity contribution < 1.29 is 4.79 Å². The van der Waals surface area contributed by atoms with Gasteiger partial charge in [0.25, 0.3) is 0 Å². The van der Waals surface area contributed by atoms with E-state index in [1.807, 2.05) is 18.0 Å². The molecule has 1 amide bonds. The number of amides is 1. The monoisotopic (exact) mass is 365 g/mol. The second-order valence-corrected chi connectivity index (χ2v) is 7.65. The summed E-state index contributed by atoms with van der Waals surface area (Å²) in [4.78, 5) is 16.7. The summed E-state index contributed by atoms with van der Waals surface area (Å²) in [5.74, 6) is 1.27. The first-order valence-corrected chi connectivity index (χ1v) is 9.40. The van der Waals surface area contributed by atoms with Crippen LogP contribution in [0, 0.1) is 5.92 Å². The average molecular weight is 366 g/mol. The zero-order valence-electron chi connectivity index (χ0n) is 15.3. The van der Waals surface area contributed by atoms with Gasteiger partial charge in [0.2, 0.25) is 5.91 Å². The highest BCUT2D eigenvalue weighted by Crippen LogP contribution is 2.27. The maximum atomic E-state index is 12.6. The number of carbonyl (C=O) groups excluding carboxylic acids is 1. The van der Waals surface area contributed by atoms with Crippen molar-refractivity contribution in [3.8, 4) is 0 Å². The largest absolute Gasteiger partial charge is 0.344 e. The molecule has 0 unspecified atom stereocenters.